The molecule has 1 radical (unpaired) electrons. The van der Waals surface area contributed by atoms with Crippen molar-refractivity contribution < 1.29 is 0 Å². The van der Waals surface area contributed by atoms with Gasteiger partial charge in [0, 0.05) is 22.1 Å². The molecule has 0 nitrogen and oxygen atoms in total. The maximum Gasteiger partial charge on any atom is 0.0447 e. The van der Waals surface area contributed by atoms with Crippen molar-refractivity contribution in [1.82, 2.24) is 0 Å². The largest absolute Gasteiger partial charge is 0.156 e. The first-order valence-corrected chi connectivity index (χ1v) is 4.96. The number of hydrogen-bond acceptors (Lipinski definition) is 1. The Morgan fingerprint density at radius 1 is 1.36 bits per heavy atom. The van der Waals surface area contributed by atoms with Crippen molar-refractivity contribution in [3.63, 3.8) is 0 Å². The van der Waals surface area contributed by atoms with Crippen LogP contribution in [0.15, 0.2) is 18.2 Å². The van der Waals surface area contributed by atoms with E-state index in [4.69, 9.17) is 23.2 Å². The lowest BCUT2D eigenvalue weighted by atomic mass is 10.2. The minimum Gasteiger partial charge on any atom is -0.156 e. The Hall–Kier alpha value is 0.150. The van der Waals surface area contributed by atoms with Crippen LogP contribution in [0.5, 0.6) is 0 Å². The predicted octanol–water partition coefficient (Wildman–Crippen LogP) is 4.02. The third-order valence-corrected chi connectivity index (χ3v) is 2.38. The van der Waals surface area contributed by atoms with Gasteiger partial charge in [0.2, 0.25) is 0 Å². The molecule has 0 N–H and O–H groups in total. The van der Waals surface area contributed by atoms with E-state index in [1.54, 1.807) is 12.1 Å². The van der Waals surface area contributed by atoms with Gasteiger partial charge >= 0.3 is 0 Å². The van der Waals surface area contributed by atoms with Crippen molar-refractivity contribution in [2.45, 2.75) is 5.75 Å². The molecule has 0 saturated carbocycles. The van der Waals surface area contributed by atoms with Crippen molar-refractivity contribution in [2.24, 2.45) is 0 Å². The lowest BCUT2D eigenvalue weighted by Gasteiger charge is -2.01. The zero-order valence-corrected chi connectivity index (χ0v) is 8.14. The Bertz CT molecular complexity index is 248. The maximum atomic E-state index is 5.88. The van der Waals surface area contributed by atoms with Gasteiger partial charge in [0.15, 0.2) is 0 Å². The van der Waals surface area contributed by atoms with E-state index >= 15 is 0 Å². The molecule has 0 saturated heterocycles. The normalized spacial score (nSPS) is 10.1. The molecule has 0 aliphatic carbocycles. The third-order valence-electron chi connectivity index (χ3n) is 1.27. The second kappa shape index (κ2) is 4.24. The second-order valence-corrected chi connectivity index (χ2v) is 3.62. The van der Waals surface area contributed by atoms with Crippen LogP contribution < -0.4 is 0 Å². The van der Waals surface area contributed by atoms with Crippen LogP contribution in [0.25, 0.3) is 0 Å². The fraction of sp³-hybridized carbons (Fsp3) is 0.125. The molecule has 0 bridgehead atoms. The molecule has 0 spiro atoms. The Labute approximate surface area is 80.9 Å². The topological polar surface area (TPSA) is 0 Å². The van der Waals surface area contributed by atoms with Crippen LogP contribution in [0.4, 0.5) is 0 Å². The first-order chi connectivity index (χ1) is 5.24. The average molecular weight is 206 g/mol. The smallest absolute Gasteiger partial charge is 0.0447 e. The SMILES string of the molecule is [CH2]SCc1cc(Cl)ccc1Cl. The molecule has 0 amide bonds. The van der Waals surface area contributed by atoms with Gasteiger partial charge in [-0.3, -0.25) is 0 Å². The van der Waals surface area contributed by atoms with E-state index in [0.717, 1.165) is 21.4 Å². The summed E-state index contributed by atoms with van der Waals surface area (Å²) >= 11 is 13.1. The number of rotatable bonds is 2. The molecule has 0 atom stereocenters. The summed E-state index contributed by atoms with van der Waals surface area (Å²) in [4.78, 5) is 0. The van der Waals surface area contributed by atoms with Crippen LogP contribution in [-0.2, 0) is 5.75 Å². The number of benzene rings is 1. The zero-order valence-electron chi connectivity index (χ0n) is 5.81. The van der Waals surface area contributed by atoms with Gasteiger partial charge in [0.1, 0.15) is 0 Å². The highest BCUT2D eigenvalue weighted by atomic mass is 35.5. The molecule has 0 aliphatic rings. The van der Waals surface area contributed by atoms with Crippen LogP contribution in [0.2, 0.25) is 10.0 Å². The lowest BCUT2D eigenvalue weighted by molar-refractivity contribution is 1.42. The molecule has 11 heavy (non-hydrogen) atoms. The van der Waals surface area contributed by atoms with Crippen molar-refractivity contribution in [3.8, 4) is 0 Å². The van der Waals surface area contributed by atoms with Gasteiger partial charge in [-0.1, -0.05) is 23.2 Å². The second-order valence-electron chi connectivity index (χ2n) is 2.08. The van der Waals surface area contributed by atoms with Gasteiger partial charge in [0.05, 0.1) is 0 Å². The van der Waals surface area contributed by atoms with Crippen LogP contribution >= 0.6 is 35.0 Å². The van der Waals surface area contributed by atoms with Crippen LogP contribution in [0.3, 0.4) is 0 Å². The van der Waals surface area contributed by atoms with Crippen molar-refractivity contribution in [3.05, 3.63) is 40.1 Å². The molecule has 0 fully saturated rings. The van der Waals surface area contributed by atoms with Crippen molar-refractivity contribution >= 4 is 35.0 Å². The summed E-state index contributed by atoms with van der Waals surface area (Å²) < 4.78 is 0. The summed E-state index contributed by atoms with van der Waals surface area (Å²) in [6.45, 7) is 0. The first kappa shape index (κ1) is 9.24. The molecule has 0 aliphatic heterocycles. The van der Waals surface area contributed by atoms with Gasteiger partial charge in [-0.15, -0.1) is 0 Å². The molecular weight excluding hydrogens is 199 g/mol. The van der Waals surface area contributed by atoms with E-state index in [9.17, 15) is 0 Å². The fourth-order valence-corrected chi connectivity index (χ4v) is 1.68. The van der Waals surface area contributed by atoms with E-state index in [0.29, 0.717) is 0 Å². The highest BCUT2D eigenvalue weighted by Crippen LogP contribution is 2.23. The molecule has 59 valence electrons. The summed E-state index contributed by atoms with van der Waals surface area (Å²) in [5.41, 5.74) is 1.04. The highest BCUT2D eigenvalue weighted by molar-refractivity contribution is 7.99. The molecule has 0 heterocycles. The first-order valence-electron chi connectivity index (χ1n) is 3.05. The molecular formula is C8H7Cl2S. The van der Waals surface area contributed by atoms with Gasteiger partial charge in [0.25, 0.3) is 0 Å². The quantitative estimate of drug-likeness (QED) is 0.704. The summed E-state index contributed by atoms with van der Waals surface area (Å²) in [5, 5.41) is 1.48. The van der Waals surface area contributed by atoms with E-state index in [1.807, 2.05) is 6.07 Å². The number of hydrogen-bond donors (Lipinski definition) is 0. The monoisotopic (exact) mass is 205 g/mol. The summed E-state index contributed by atoms with van der Waals surface area (Å²) in [7, 11) is 0. The standard InChI is InChI=1S/C8H7Cl2S/c1-11-5-6-4-7(9)2-3-8(6)10/h2-4H,1,5H2. The van der Waals surface area contributed by atoms with E-state index in [-0.39, 0.29) is 0 Å². The zero-order chi connectivity index (χ0) is 8.27. The summed E-state index contributed by atoms with van der Waals surface area (Å²) in [5.74, 6) is 0.805. The molecule has 1 aromatic carbocycles. The van der Waals surface area contributed by atoms with E-state index in [1.165, 1.54) is 11.8 Å². The number of halogens is 2. The van der Waals surface area contributed by atoms with Crippen LogP contribution in [0, 0.1) is 6.26 Å². The van der Waals surface area contributed by atoms with E-state index in [2.05, 4.69) is 6.26 Å². The van der Waals surface area contributed by atoms with Crippen LogP contribution in [0.1, 0.15) is 5.56 Å². The average Bonchev–Trinajstić information content (AvgIpc) is 1.98. The third kappa shape index (κ3) is 2.58. The summed E-state index contributed by atoms with van der Waals surface area (Å²) in [6, 6.07) is 5.44. The predicted molar refractivity (Wildman–Crippen MR) is 53.1 cm³/mol. The Morgan fingerprint density at radius 2 is 2.09 bits per heavy atom. The van der Waals surface area contributed by atoms with Gasteiger partial charge < -0.3 is 0 Å². The number of thioether (sulfide) groups is 1. The molecule has 0 aromatic heterocycles. The lowest BCUT2D eigenvalue weighted by Crippen LogP contribution is -1.80. The Kier molecular flexibility index (Phi) is 3.57. The van der Waals surface area contributed by atoms with Gasteiger partial charge in [-0.2, -0.15) is 11.8 Å². The van der Waals surface area contributed by atoms with Gasteiger partial charge in [-0.05, 0) is 23.8 Å². The Balaban J connectivity index is 2.93. The Morgan fingerprint density at radius 3 is 2.73 bits per heavy atom. The summed E-state index contributed by atoms with van der Waals surface area (Å²) in [6.07, 6.45) is 3.67. The minimum atomic E-state index is 0.721. The highest BCUT2D eigenvalue weighted by Gasteiger charge is 1.99. The molecule has 1 rings (SSSR count). The minimum absolute atomic E-state index is 0.721. The molecule has 1 aromatic rings. The van der Waals surface area contributed by atoms with Gasteiger partial charge in [-0.25, -0.2) is 0 Å². The maximum absolute atomic E-state index is 5.88. The molecule has 3 heteroatoms. The van der Waals surface area contributed by atoms with Crippen molar-refractivity contribution in [1.29, 1.82) is 0 Å². The van der Waals surface area contributed by atoms with Crippen molar-refractivity contribution in [2.75, 3.05) is 0 Å². The molecule has 0 unspecified atom stereocenters. The fourth-order valence-electron chi connectivity index (χ4n) is 0.764. The van der Waals surface area contributed by atoms with E-state index < -0.39 is 0 Å². The van der Waals surface area contributed by atoms with Crippen LogP contribution in [-0.4, -0.2) is 0 Å².